The number of nitro benzene ring substituents is 1. The van der Waals surface area contributed by atoms with Crippen molar-refractivity contribution < 1.29 is 18.9 Å². The van der Waals surface area contributed by atoms with Gasteiger partial charge in [0.2, 0.25) is 0 Å². The molecule has 0 atom stereocenters. The maximum atomic E-state index is 12.7. The number of nitrogens with zero attached hydrogens (tertiary/aromatic N) is 3. The van der Waals surface area contributed by atoms with Crippen molar-refractivity contribution in [2.45, 2.75) is 13.5 Å². The Bertz CT molecular complexity index is 1300. The third kappa shape index (κ3) is 2.95. The van der Waals surface area contributed by atoms with Gasteiger partial charge in [-0.1, -0.05) is 23.5 Å². The zero-order valence-electron chi connectivity index (χ0n) is 15.0. The first-order valence-electron chi connectivity index (χ1n) is 8.45. The lowest BCUT2D eigenvalue weighted by molar-refractivity contribution is -0.384. The smallest absolute Gasteiger partial charge is 0.315 e. The van der Waals surface area contributed by atoms with Crippen molar-refractivity contribution in [1.82, 2.24) is 4.57 Å². The van der Waals surface area contributed by atoms with Crippen molar-refractivity contribution in [2.75, 3.05) is 7.11 Å². The molecule has 0 saturated carbocycles. The van der Waals surface area contributed by atoms with Crippen LogP contribution in [0.5, 0.6) is 5.75 Å². The average molecular weight is 397 g/mol. The number of aryl methyl sites for hydroxylation is 1. The van der Waals surface area contributed by atoms with Gasteiger partial charge in [0.25, 0.3) is 5.69 Å². The van der Waals surface area contributed by atoms with Gasteiger partial charge in [-0.15, -0.1) is 0 Å². The van der Waals surface area contributed by atoms with Gasteiger partial charge in [-0.2, -0.15) is 4.99 Å². The summed E-state index contributed by atoms with van der Waals surface area (Å²) in [6.45, 7) is 2.49. The Hall–Kier alpha value is -3.46. The first kappa shape index (κ1) is 17.9. The molecule has 0 unspecified atom stereocenters. The first-order chi connectivity index (χ1) is 13.5. The number of carbonyl (C=O) groups excluding carboxylic acids is 1. The Balaban J connectivity index is 1.82. The number of para-hydroxylation sites is 1. The van der Waals surface area contributed by atoms with Crippen molar-refractivity contribution in [1.29, 1.82) is 0 Å². The Labute approximate surface area is 162 Å². The van der Waals surface area contributed by atoms with Gasteiger partial charge >= 0.3 is 5.91 Å². The molecule has 0 bridgehead atoms. The lowest BCUT2D eigenvalue weighted by Crippen LogP contribution is -2.15. The first-order valence-corrected chi connectivity index (χ1v) is 9.27. The van der Waals surface area contributed by atoms with Crippen LogP contribution in [0.3, 0.4) is 0 Å². The maximum absolute atomic E-state index is 12.7. The highest BCUT2D eigenvalue weighted by molar-refractivity contribution is 7.16. The summed E-state index contributed by atoms with van der Waals surface area (Å²) in [5.41, 5.74) is 1.27. The van der Waals surface area contributed by atoms with E-state index in [4.69, 9.17) is 9.15 Å². The SMILES string of the molecule is CCn1c(=NC(=O)c2cc3cccc(OC)c3o2)sc2cc([N+](=O)[O-])ccc21. The second-order valence-electron chi connectivity index (χ2n) is 5.94. The van der Waals surface area contributed by atoms with Crippen LogP contribution >= 0.6 is 11.3 Å². The summed E-state index contributed by atoms with van der Waals surface area (Å²) in [7, 11) is 1.53. The minimum absolute atomic E-state index is 0.000686. The predicted molar refractivity (Wildman–Crippen MR) is 105 cm³/mol. The molecule has 4 aromatic rings. The normalized spacial score (nSPS) is 12.0. The molecule has 142 valence electrons. The predicted octanol–water partition coefficient (Wildman–Crippen LogP) is 4.13. The van der Waals surface area contributed by atoms with Crippen molar-refractivity contribution in [3.05, 3.63) is 63.1 Å². The highest BCUT2D eigenvalue weighted by atomic mass is 32.1. The van der Waals surface area contributed by atoms with Crippen LogP contribution in [0, 0.1) is 10.1 Å². The van der Waals surface area contributed by atoms with E-state index in [1.54, 1.807) is 18.2 Å². The number of hydrogen-bond donors (Lipinski definition) is 0. The van der Waals surface area contributed by atoms with E-state index >= 15 is 0 Å². The standard InChI is InChI=1S/C19H15N3O5S/c1-3-21-13-8-7-12(22(24)25)10-16(13)28-19(21)20-18(23)15-9-11-5-4-6-14(26-2)17(11)27-15/h4-10H,3H2,1-2H3. The van der Waals surface area contributed by atoms with E-state index in [2.05, 4.69) is 4.99 Å². The molecular weight excluding hydrogens is 382 g/mol. The zero-order valence-corrected chi connectivity index (χ0v) is 15.9. The number of methoxy groups -OCH3 is 1. The average Bonchev–Trinajstić information content (AvgIpc) is 3.27. The number of amides is 1. The van der Waals surface area contributed by atoms with Gasteiger partial charge in [0.1, 0.15) is 0 Å². The van der Waals surface area contributed by atoms with Crippen LogP contribution in [0.25, 0.3) is 21.2 Å². The Kier molecular flexibility index (Phi) is 4.44. The van der Waals surface area contributed by atoms with E-state index in [1.165, 1.54) is 30.6 Å². The Morgan fingerprint density at radius 2 is 2.14 bits per heavy atom. The highest BCUT2D eigenvalue weighted by Gasteiger charge is 2.16. The second-order valence-corrected chi connectivity index (χ2v) is 6.95. The molecule has 8 nitrogen and oxygen atoms in total. The minimum Gasteiger partial charge on any atom is -0.493 e. The molecule has 28 heavy (non-hydrogen) atoms. The highest BCUT2D eigenvalue weighted by Crippen LogP contribution is 2.29. The number of carbonyl (C=O) groups is 1. The quantitative estimate of drug-likeness (QED) is 0.381. The van der Waals surface area contributed by atoms with Crippen molar-refractivity contribution >= 4 is 44.1 Å². The minimum atomic E-state index is -0.526. The van der Waals surface area contributed by atoms with Crippen molar-refractivity contribution in [2.24, 2.45) is 4.99 Å². The summed E-state index contributed by atoms with van der Waals surface area (Å²) in [5.74, 6) is 0.112. The Morgan fingerprint density at radius 1 is 1.32 bits per heavy atom. The molecule has 9 heteroatoms. The van der Waals surface area contributed by atoms with Crippen molar-refractivity contribution in [3.8, 4) is 5.75 Å². The van der Waals surface area contributed by atoms with E-state index in [0.29, 0.717) is 27.4 Å². The number of non-ortho nitro benzene ring substituents is 1. The molecule has 1 amide bonds. The molecular formula is C19H15N3O5S. The molecule has 4 rings (SSSR count). The molecule has 2 aromatic carbocycles. The van der Waals surface area contributed by atoms with Crippen LogP contribution in [-0.2, 0) is 6.54 Å². The van der Waals surface area contributed by atoms with Crippen LogP contribution in [0.15, 0.2) is 51.9 Å². The van der Waals surface area contributed by atoms with E-state index in [9.17, 15) is 14.9 Å². The van der Waals surface area contributed by atoms with Crippen LogP contribution < -0.4 is 9.54 Å². The number of furan rings is 1. The van der Waals surface area contributed by atoms with Crippen molar-refractivity contribution in [3.63, 3.8) is 0 Å². The molecule has 0 N–H and O–H groups in total. The third-order valence-corrected chi connectivity index (χ3v) is 5.37. The van der Waals surface area contributed by atoms with Gasteiger partial charge in [-0.05, 0) is 25.1 Å². The summed E-state index contributed by atoms with van der Waals surface area (Å²) in [4.78, 5) is 27.9. The molecule has 0 aliphatic heterocycles. The number of rotatable bonds is 4. The zero-order chi connectivity index (χ0) is 19.8. The van der Waals surface area contributed by atoms with E-state index in [0.717, 1.165) is 10.9 Å². The number of fused-ring (bicyclic) bond motifs is 2. The van der Waals surface area contributed by atoms with Crippen LogP contribution in [0.2, 0.25) is 0 Å². The molecule has 0 fully saturated rings. The number of ether oxygens (including phenoxy) is 1. The van der Waals surface area contributed by atoms with Crippen LogP contribution in [0.4, 0.5) is 5.69 Å². The lowest BCUT2D eigenvalue weighted by atomic mass is 10.2. The van der Waals surface area contributed by atoms with E-state index < -0.39 is 10.8 Å². The van der Waals surface area contributed by atoms with Crippen LogP contribution in [0.1, 0.15) is 17.5 Å². The lowest BCUT2D eigenvalue weighted by Gasteiger charge is -1.99. The van der Waals surface area contributed by atoms with Gasteiger partial charge in [0.05, 0.1) is 22.2 Å². The molecule has 0 spiro atoms. The number of hydrogen-bond acceptors (Lipinski definition) is 6. The van der Waals surface area contributed by atoms with Gasteiger partial charge in [-0.25, -0.2) is 0 Å². The Morgan fingerprint density at radius 3 is 2.86 bits per heavy atom. The summed E-state index contributed by atoms with van der Waals surface area (Å²) in [5, 5.41) is 11.8. The molecule has 2 heterocycles. The van der Waals surface area contributed by atoms with E-state index in [1.807, 2.05) is 23.6 Å². The van der Waals surface area contributed by atoms with Gasteiger partial charge in [0.15, 0.2) is 21.9 Å². The van der Waals surface area contributed by atoms with Gasteiger partial charge < -0.3 is 13.7 Å². The fourth-order valence-corrected chi connectivity index (χ4v) is 4.14. The van der Waals surface area contributed by atoms with Gasteiger partial charge in [0, 0.05) is 24.1 Å². The van der Waals surface area contributed by atoms with Gasteiger partial charge in [-0.3, -0.25) is 14.9 Å². The molecule has 0 aliphatic carbocycles. The summed E-state index contributed by atoms with van der Waals surface area (Å²) in [6.07, 6.45) is 0. The monoisotopic (exact) mass is 397 g/mol. The maximum Gasteiger partial charge on any atom is 0.315 e. The fraction of sp³-hybridized carbons (Fsp3) is 0.158. The second kappa shape index (κ2) is 6.93. The number of thiazole rings is 1. The summed E-state index contributed by atoms with van der Waals surface area (Å²) in [6, 6.07) is 11.6. The largest absolute Gasteiger partial charge is 0.493 e. The summed E-state index contributed by atoms with van der Waals surface area (Å²) >= 11 is 1.22. The molecule has 0 radical (unpaired) electrons. The molecule has 0 aliphatic rings. The number of aromatic nitrogens is 1. The number of benzene rings is 2. The third-order valence-electron chi connectivity index (χ3n) is 4.33. The fourth-order valence-electron chi connectivity index (χ4n) is 3.01. The number of nitro groups is 1. The molecule has 2 aromatic heterocycles. The molecule has 0 saturated heterocycles. The van der Waals surface area contributed by atoms with E-state index in [-0.39, 0.29) is 11.4 Å². The summed E-state index contributed by atoms with van der Waals surface area (Å²) < 4.78 is 13.4. The van der Waals surface area contributed by atoms with Crippen LogP contribution in [-0.4, -0.2) is 22.5 Å². The topological polar surface area (TPSA) is 99.9 Å².